The topological polar surface area (TPSA) is 62.2 Å². The molecule has 0 spiro atoms. The van der Waals surface area contributed by atoms with Crippen LogP contribution >= 0.6 is 27.5 Å². The van der Waals surface area contributed by atoms with E-state index in [1.54, 1.807) is 18.2 Å². The SMILES string of the molecule is O=C(O)c1cc(Nc2ccc(Br)cc2Cl)ccn1. The number of carboxylic acids is 1. The Kier molecular flexibility index (Phi) is 3.84. The lowest BCUT2D eigenvalue weighted by Gasteiger charge is -2.08. The molecule has 0 saturated heterocycles. The average Bonchev–Trinajstić information content (AvgIpc) is 2.33. The molecule has 0 amide bonds. The molecule has 0 bridgehead atoms. The Hall–Kier alpha value is -1.59. The molecule has 1 aromatic heterocycles. The molecule has 2 aromatic rings. The van der Waals surface area contributed by atoms with Crippen LogP contribution in [0.1, 0.15) is 10.5 Å². The molecule has 1 heterocycles. The van der Waals surface area contributed by atoms with E-state index in [2.05, 4.69) is 26.2 Å². The van der Waals surface area contributed by atoms with Gasteiger partial charge in [-0.05, 0) is 30.3 Å². The van der Waals surface area contributed by atoms with Gasteiger partial charge in [0, 0.05) is 16.4 Å². The van der Waals surface area contributed by atoms with Crippen LogP contribution in [0.5, 0.6) is 0 Å². The number of aromatic nitrogens is 1. The number of halogens is 2. The van der Waals surface area contributed by atoms with Crippen LogP contribution in [-0.4, -0.2) is 16.1 Å². The van der Waals surface area contributed by atoms with Gasteiger partial charge in [0.1, 0.15) is 5.69 Å². The Labute approximate surface area is 117 Å². The minimum Gasteiger partial charge on any atom is -0.477 e. The summed E-state index contributed by atoms with van der Waals surface area (Å²) >= 11 is 9.37. The van der Waals surface area contributed by atoms with Crippen LogP contribution in [0.4, 0.5) is 11.4 Å². The molecule has 0 aliphatic rings. The molecule has 92 valence electrons. The third kappa shape index (κ3) is 3.00. The number of aromatic carboxylic acids is 1. The fourth-order valence-electron chi connectivity index (χ4n) is 1.37. The lowest BCUT2D eigenvalue weighted by Crippen LogP contribution is -2.01. The van der Waals surface area contributed by atoms with Gasteiger partial charge in [-0.3, -0.25) is 0 Å². The second kappa shape index (κ2) is 5.37. The van der Waals surface area contributed by atoms with E-state index in [4.69, 9.17) is 16.7 Å². The van der Waals surface area contributed by atoms with Crippen LogP contribution in [0.25, 0.3) is 0 Å². The molecule has 0 aliphatic heterocycles. The number of carboxylic acid groups (broad SMARTS) is 1. The van der Waals surface area contributed by atoms with Crippen LogP contribution in [0.3, 0.4) is 0 Å². The Morgan fingerprint density at radius 2 is 2.11 bits per heavy atom. The molecule has 0 atom stereocenters. The van der Waals surface area contributed by atoms with Crippen molar-refractivity contribution < 1.29 is 9.90 Å². The summed E-state index contributed by atoms with van der Waals surface area (Å²) in [5.74, 6) is -1.07. The van der Waals surface area contributed by atoms with Gasteiger partial charge in [0.2, 0.25) is 0 Å². The maximum absolute atomic E-state index is 10.8. The summed E-state index contributed by atoms with van der Waals surface area (Å²) in [6.45, 7) is 0. The van der Waals surface area contributed by atoms with Gasteiger partial charge in [-0.1, -0.05) is 27.5 Å². The summed E-state index contributed by atoms with van der Waals surface area (Å²) in [4.78, 5) is 14.5. The second-order valence-electron chi connectivity index (χ2n) is 3.48. The zero-order valence-corrected chi connectivity index (χ0v) is 11.4. The second-order valence-corrected chi connectivity index (χ2v) is 4.81. The first kappa shape index (κ1) is 12.9. The zero-order chi connectivity index (χ0) is 13.1. The number of carbonyl (C=O) groups is 1. The number of nitrogens with one attached hydrogen (secondary N) is 1. The molecule has 6 heteroatoms. The Balaban J connectivity index is 2.28. The Bertz CT molecular complexity index is 604. The van der Waals surface area contributed by atoms with Gasteiger partial charge in [-0.2, -0.15) is 0 Å². The van der Waals surface area contributed by atoms with E-state index >= 15 is 0 Å². The number of rotatable bonds is 3. The molecule has 1 aromatic carbocycles. The highest BCUT2D eigenvalue weighted by molar-refractivity contribution is 9.10. The van der Waals surface area contributed by atoms with Crippen molar-refractivity contribution in [2.75, 3.05) is 5.32 Å². The van der Waals surface area contributed by atoms with E-state index < -0.39 is 5.97 Å². The largest absolute Gasteiger partial charge is 0.477 e. The first-order valence-electron chi connectivity index (χ1n) is 4.97. The number of pyridine rings is 1. The average molecular weight is 328 g/mol. The minimum absolute atomic E-state index is 0.0202. The summed E-state index contributed by atoms with van der Waals surface area (Å²) in [5, 5.41) is 12.4. The van der Waals surface area contributed by atoms with Gasteiger partial charge in [-0.25, -0.2) is 9.78 Å². The van der Waals surface area contributed by atoms with Crippen LogP contribution in [-0.2, 0) is 0 Å². The summed E-state index contributed by atoms with van der Waals surface area (Å²) in [6.07, 6.45) is 1.43. The molecular weight excluding hydrogens is 320 g/mol. The molecule has 0 radical (unpaired) electrons. The van der Waals surface area contributed by atoms with Gasteiger partial charge in [0.15, 0.2) is 0 Å². The van der Waals surface area contributed by atoms with Crippen molar-refractivity contribution in [1.29, 1.82) is 0 Å². The highest BCUT2D eigenvalue weighted by Crippen LogP contribution is 2.28. The van der Waals surface area contributed by atoms with E-state index in [1.165, 1.54) is 12.3 Å². The van der Waals surface area contributed by atoms with Crippen molar-refractivity contribution in [3.63, 3.8) is 0 Å². The normalized spacial score (nSPS) is 10.1. The van der Waals surface area contributed by atoms with E-state index in [0.29, 0.717) is 16.4 Å². The summed E-state index contributed by atoms with van der Waals surface area (Å²) in [7, 11) is 0. The number of nitrogens with zero attached hydrogens (tertiary/aromatic N) is 1. The van der Waals surface area contributed by atoms with Gasteiger partial charge in [0.05, 0.1) is 10.7 Å². The molecular formula is C12H8BrClN2O2. The van der Waals surface area contributed by atoms with Crippen molar-refractivity contribution in [3.8, 4) is 0 Å². The molecule has 0 fully saturated rings. The quantitative estimate of drug-likeness (QED) is 0.896. The summed E-state index contributed by atoms with van der Waals surface area (Å²) in [6, 6.07) is 8.51. The third-order valence-corrected chi connectivity index (χ3v) is 3.00. The van der Waals surface area contributed by atoms with Gasteiger partial charge < -0.3 is 10.4 Å². The summed E-state index contributed by atoms with van der Waals surface area (Å²) < 4.78 is 0.874. The van der Waals surface area contributed by atoms with Crippen molar-refractivity contribution in [3.05, 3.63) is 51.7 Å². The third-order valence-electron chi connectivity index (χ3n) is 2.19. The highest BCUT2D eigenvalue weighted by Gasteiger charge is 2.06. The maximum Gasteiger partial charge on any atom is 0.354 e. The fourth-order valence-corrected chi connectivity index (χ4v) is 2.09. The molecule has 18 heavy (non-hydrogen) atoms. The van der Waals surface area contributed by atoms with Gasteiger partial charge >= 0.3 is 5.97 Å². The monoisotopic (exact) mass is 326 g/mol. The van der Waals surface area contributed by atoms with E-state index in [0.717, 1.165) is 4.47 Å². The van der Waals surface area contributed by atoms with Gasteiger partial charge in [0.25, 0.3) is 0 Å². The van der Waals surface area contributed by atoms with Crippen molar-refractivity contribution in [1.82, 2.24) is 4.98 Å². The number of benzene rings is 1. The lowest BCUT2D eigenvalue weighted by atomic mass is 10.2. The first-order valence-corrected chi connectivity index (χ1v) is 6.15. The Morgan fingerprint density at radius 1 is 1.33 bits per heavy atom. The van der Waals surface area contributed by atoms with Crippen molar-refractivity contribution in [2.45, 2.75) is 0 Å². The Morgan fingerprint density at radius 3 is 2.78 bits per heavy atom. The van der Waals surface area contributed by atoms with Gasteiger partial charge in [-0.15, -0.1) is 0 Å². The van der Waals surface area contributed by atoms with Crippen molar-refractivity contribution in [2.24, 2.45) is 0 Å². The highest BCUT2D eigenvalue weighted by atomic mass is 79.9. The minimum atomic E-state index is -1.07. The van der Waals surface area contributed by atoms with Crippen molar-refractivity contribution >= 4 is 44.9 Å². The molecule has 2 N–H and O–H groups in total. The molecule has 2 rings (SSSR count). The van der Waals surface area contributed by atoms with Crippen LogP contribution in [0.2, 0.25) is 5.02 Å². The molecule has 4 nitrogen and oxygen atoms in total. The molecule has 0 aliphatic carbocycles. The first-order chi connectivity index (χ1) is 8.56. The fraction of sp³-hybridized carbons (Fsp3) is 0. The summed E-state index contributed by atoms with van der Waals surface area (Å²) in [5.41, 5.74) is 1.29. The number of anilines is 2. The lowest BCUT2D eigenvalue weighted by molar-refractivity contribution is 0.0690. The maximum atomic E-state index is 10.8. The van der Waals surface area contributed by atoms with E-state index in [9.17, 15) is 4.79 Å². The standard InChI is InChI=1S/C12H8BrClN2O2/c13-7-1-2-10(9(14)5-7)16-8-3-4-15-11(6-8)12(17)18/h1-6H,(H,15,16)(H,17,18). The van der Waals surface area contributed by atoms with E-state index in [-0.39, 0.29) is 5.69 Å². The molecule has 0 saturated carbocycles. The molecule has 0 unspecified atom stereocenters. The predicted molar refractivity (Wildman–Crippen MR) is 73.6 cm³/mol. The van der Waals surface area contributed by atoms with Crippen LogP contribution < -0.4 is 5.32 Å². The van der Waals surface area contributed by atoms with Crippen LogP contribution in [0, 0.1) is 0 Å². The predicted octanol–water partition coefficient (Wildman–Crippen LogP) is 3.94. The zero-order valence-electron chi connectivity index (χ0n) is 9.02. The smallest absolute Gasteiger partial charge is 0.354 e. The number of hydrogen-bond donors (Lipinski definition) is 2. The van der Waals surface area contributed by atoms with Crippen LogP contribution in [0.15, 0.2) is 41.0 Å². The van der Waals surface area contributed by atoms with E-state index in [1.807, 2.05) is 6.07 Å². The number of hydrogen-bond acceptors (Lipinski definition) is 3.